The van der Waals surface area contributed by atoms with Crippen molar-refractivity contribution in [1.29, 1.82) is 0 Å². The van der Waals surface area contributed by atoms with E-state index in [9.17, 15) is 0 Å². The Kier molecular flexibility index (Phi) is 4.88. The lowest BCUT2D eigenvalue weighted by Gasteiger charge is -2.37. The van der Waals surface area contributed by atoms with E-state index in [2.05, 4.69) is 61.9 Å². The molecule has 0 amide bonds. The van der Waals surface area contributed by atoms with Crippen molar-refractivity contribution in [2.24, 2.45) is 0 Å². The zero-order chi connectivity index (χ0) is 12.3. The minimum atomic E-state index is 0.505. The number of hydrogen-bond donors (Lipinski definition) is 0. The first-order chi connectivity index (χ1) is 8.26. The average molecular weight is 363 g/mol. The minimum absolute atomic E-state index is 0.505. The summed E-state index contributed by atoms with van der Waals surface area (Å²) in [6.07, 6.45) is 1.12. The van der Waals surface area contributed by atoms with Crippen LogP contribution < -0.4 is 4.90 Å². The summed E-state index contributed by atoms with van der Waals surface area (Å²) in [4.78, 5) is 2.45. The summed E-state index contributed by atoms with van der Waals surface area (Å²) in [6, 6.07) is 7.10. The fourth-order valence-corrected chi connectivity index (χ4v) is 3.53. The highest BCUT2D eigenvalue weighted by atomic mass is 79.9. The van der Waals surface area contributed by atoms with E-state index in [0.29, 0.717) is 6.04 Å². The number of anilines is 1. The van der Waals surface area contributed by atoms with Gasteiger partial charge in [-0.05, 0) is 24.1 Å². The van der Waals surface area contributed by atoms with Gasteiger partial charge in [0.05, 0.1) is 19.3 Å². The van der Waals surface area contributed by atoms with Crippen LogP contribution in [0.15, 0.2) is 22.7 Å². The van der Waals surface area contributed by atoms with Crippen molar-refractivity contribution in [2.75, 3.05) is 24.7 Å². The molecule has 4 heteroatoms. The van der Waals surface area contributed by atoms with Gasteiger partial charge in [0, 0.05) is 22.0 Å². The third-order valence-electron chi connectivity index (χ3n) is 3.21. The molecule has 1 fully saturated rings. The standard InChI is InChI=1S/C13H17Br2NO/c1-2-11-9-17-6-5-16(11)12-4-3-10(8-14)13(15)7-12/h3-4,7,11H,2,5-6,8-9H2,1H3. The van der Waals surface area contributed by atoms with Gasteiger partial charge in [-0.25, -0.2) is 0 Å². The molecule has 2 rings (SSSR count). The molecule has 0 bridgehead atoms. The Balaban J connectivity index is 2.23. The molecule has 1 saturated heterocycles. The van der Waals surface area contributed by atoms with Crippen molar-refractivity contribution < 1.29 is 4.74 Å². The fraction of sp³-hybridized carbons (Fsp3) is 0.538. The number of halogens is 2. The van der Waals surface area contributed by atoms with Crippen LogP contribution in [0.1, 0.15) is 18.9 Å². The van der Waals surface area contributed by atoms with E-state index < -0.39 is 0 Å². The van der Waals surface area contributed by atoms with Gasteiger partial charge in [0.15, 0.2) is 0 Å². The van der Waals surface area contributed by atoms with Crippen molar-refractivity contribution in [2.45, 2.75) is 24.7 Å². The maximum absolute atomic E-state index is 5.54. The van der Waals surface area contributed by atoms with Crippen molar-refractivity contribution in [3.63, 3.8) is 0 Å². The van der Waals surface area contributed by atoms with Crippen LogP contribution >= 0.6 is 31.9 Å². The fourth-order valence-electron chi connectivity index (χ4n) is 2.16. The van der Waals surface area contributed by atoms with Crippen LogP contribution in [-0.4, -0.2) is 25.8 Å². The maximum Gasteiger partial charge on any atom is 0.0670 e. The first-order valence-electron chi connectivity index (χ1n) is 5.95. The Labute approximate surface area is 120 Å². The Morgan fingerprint density at radius 3 is 2.94 bits per heavy atom. The van der Waals surface area contributed by atoms with Crippen LogP contribution in [0.5, 0.6) is 0 Å². The second-order valence-electron chi connectivity index (χ2n) is 4.24. The highest BCUT2D eigenvalue weighted by Gasteiger charge is 2.21. The van der Waals surface area contributed by atoms with Crippen LogP contribution in [0.2, 0.25) is 0 Å². The number of morpholine rings is 1. The molecule has 1 aliphatic rings. The third-order valence-corrected chi connectivity index (χ3v) is 4.55. The average Bonchev–Trinajstić information content (AvgIpc) is 2.38. The van der Waals surface area contributed by atoms with Crippen LogP contribution in [0.25, 0.3) is 0 Å². The minimum Gasteiger partial charge on any atom is -0.377 e. The van der Waals surface area contributed by atoms with Crippen LogP contribution in [0.4, 0.5) is 5.69 Å². The van der Waals surface area contributed by atoms with Crippen molar-refractivity contribution in [3.8, 4) is 0 Å². The van der Waals surface area contributed by atoms with E-state index in [1.165, 1.54) is 15.7 Å². The molecule has 1 unspecified atom stereocenters. The monoisotopic (exact) mass is 361 g/mol. The van der Waals surface area contributed by atoms with E-state index in [4.69, 9.17) is 4.74 Å². The lowest BCUT2D eigenvalue weighted by atomic mass is 10.1. The molecule has 0 radical (unpaired) electrons. The molecule has 0 N–H and O–H groups in total. The Morgan fingerprint density at radius 2 is 2.29 bits per heavy atom. The zero-order valence-electron chi connectivity index (χ0n) is 9.96. The molecule has 17 heavy (non-hydrogen) atoms. The largest absolute Gasteiger partial charge is 0.377 e. The summed E-state index contributed by atoms with van der Waals surface area (Å²) >= 11 is 7.12. The quantitative estimate of drug-likeness (QED) is 0.754. The summed E-state index contributed by atoms with van der Waals surface area (Å²) in [5.74, 6) is 0. The van der Waals surface area contributed by atoms with E-state index in [1.54, 1.807) is 0 Å². The Morgan fingerprint density at radius 1 is 1.47 bits per heavy atom. The molecule has 1 aliphatic heterocycles. The summed E-state index contributed by atoms with van der Waals surface area (Å²) in [5, 5.41) is 0.883. The molecule has 1 atom stereocenters. The van der Waals surface area contributed by atoms with Crippen molar-refractivity contribution in [1.82, 2.24) is 0 Å². The van der Waals surface area contributed by atoms with Gasteiger partial charge >= 0.3 is 0 Å². The highest BCUT2D eigenvalue weighted by Crippen LogP contribution is 2.28. The van der Waals surface area contributed by atoms with Gasteiger partial charge in [0.2, 0.25) is 0 Å². The third kappa shape index (κ3) is 3.04. The van der Waals surface area contributed by atoms with Gasteiger partial charge in [-0.1, -0.05) is 44.8 Å². The summed E-state index contributed by atoms with van der Waals surface area (Å²) in [5.41, 5.74) is 2.58. The van der Waals surface area contributed by atoms with Gasteiger partial charge in [0.1, 0.15) is 0 Å². The van der Waals surface area contributed by atoms with E-state index in [1.807, 2.05) is 0 Å². The molecule has 1 heterocycles. The maximum atomic E-state index is 5.54. The number of hydrogen-bond acceptors (Lipinski definition) is 2. The molecule has 0 aromatic heterocycles. The Bertz CT molecular complexity index is 384. The first kappa shape index (κ1) is 13.4. The highest BCUT2D eigenvalue weighted by molar-refractivity contribution is 9.10. The number of ether oxygens (including phenoxy) is 1. The van der Waals surface area contributed by atoms with Gasteiger partial charge in [0.25, 0.3) is 0 Å². The Hall–Kier alpha value is -0.0600. The molecular weight excluding hydrogens is 346 g/mol. The number of benzene rings is 1. The predicted octanol–water partition coefficient (Wildman–Crippen LogP) is 3.96. The predicted molar refractivity (Wildman–Crippen MR) is 79.0 cm³/mol. The number of nitrogens with zero attached hydrogens (tertiary/aromatic N) is 1. The number of alkyl halides is 1. The molecule has 0 spiro atoms. The lowest BCUT2D eigenvalue weighted by molar-refractivity contribution is 0.0930. The normalized spacial score (nSPS) is 20.6. The number of rotatable bonds is 3. The first-order valence-corrected chi connectivity index (χ1v) is 7.86. The topological polar surface area (TPSA) is 12.5 Å². The van der Waals surface area contributed by atoms with E-state index in [-0.39, 0.29) is 0 Å². The SMILES string of the molecule is CCC1COCCN1c1ccc(CBr)c(Br)c1. The van der Waals surface area contributed by atoms with Gasteiger partial charge in [-0.15, -0.1) is 0 Å². The smallest absolute Gasteiger partial charge is 0.0670 e. The van der Waals surface area contributed by atoms with Crippen LogP contribution in [0.3, 0.4) is 0 Å². The zero-order valence-corrected chi connectivity index (χ0v) is 13.1. The van der Waals surface area contributed by atoms with Crippen LogP contribution in [-0.2, 0) is 10.1 Å². The summed E-state index contributed by atoms with van der Waals surface area (Å²) in [6.45, 7) is 4.87. The molecule has 0 aliphatic carbocycles. The van der Waals surface area contributed by atoms with Crippen molar-refractivity contribution in [3.05, 3.63) is 28.2 Å². The van der Waals surface area contributed by atoms with Gasteiger partial charge in [-0.2, -0.15) is 0 Å². The van der Waals surface area contributed by atoms with Gasteiger partial charge < -0.3 is 9.64 Å². The van der Waals surface area contributed by atoms with Crippen molar-refractivity contribution >= 4 is 37.5 Å². The molecular formula is C13H17Br2NO. The van der Waals surface area contributed by atoms with E-state index >= 15 is 0 Å². The lowest BCUT2D eigenvalue weighted by Crippen LogP contribution is -2.45. The molecule has 94 valence electrons. The second kappa shape index (κ2) is 6.21. The summed E-state index contributed by atoms with van der Waals surface area (Å²) in [7, 11) is 0. The molecule has 2 nitrogen and oxygen atoms in total. The second-order valence-corrected chi connectivity index (χ2v) is 5.65. The van der Waals surface area contributed by atoms with Crippen LogP contribution in [0, 0.1) is 0 Å². The molecule has 0 saturated carbocycles. The van der Waals surface area contributed by atoms with E-state index in [0.717, 1.165) is 31.5 Å². The molecule has 1 aromatic rings. The van der Waals surface area contributed by atoms with Gasteiger partial charge in [-0.3, -0.25) is 0 Å². The molecule has 1 aromatic carbocycles. The summed E-state index contributed by atoms with van der Waals surface area (Å²) < 4.78 is 6.71.